The fraction of sp³-hybridized carbons (Fsp3) is 0.812. The van der Waals surface area contributed by atoms with Gasteiger partial charge in [-0.2, -0.15) is 0 Å². The molecule has 0 amide bonds. The highest BCUT2D eigenvalue weighted by Gasteiger charge is 2.01. The normalized spacial score (nSPS) is 9.74. The lowest BCUT2D eigenvalue weighted by molar-refractivity contribution is -0.135. The summed E-state index contributed by atoms with van der Waals surface area (Å²) in [5.74, 6) is -0.329. The Morgan fingerprint density at radius 3 is 1.53 bits per heavy atom. The molecule has 3 heteroatoms. The number of unbranched alkanes of at least 4 members (excludes halogenated alkanes) is 3. The first-order valence-electron chi connectivity index (χ1n) is 7.62. The van der Waals surface area contributed by atoms with Gasteiger partial charge in [-0.15, -0.1) is 0 Å². The second-order valence-electron chi connectivity index (χ2n) is 4.68. The summed E-state index contributed by atoms with van der Waals surface area (Å²) in [6.45, 7) is 15.3. The molecular formula is C16H33NO2. The molecule has 0 aromatic carbocycles. The maximum atomic E-state index is 9.75. The van der Waals surface area contributed by atoms with Crippen LogP contribution in [0.25, 0.3) is 0 Å². The molecule has 19 heavy (non-hydrogen) atoms. The minimum atomic E-state index is -0.329. The molecule has 0 atom stereocenters. The van der Waals surface area contributed by atoms with E-state index in [2.05, 4.69) is 37.0 Å². The van der Waals surface area contributed by atoms with E-state index in [-0.39, 0.29) is 5.97 Å². The SMILES string of the molecule is C=COC(C)=O.CCCCN(CCCC)CCCC. The molecule has 0 unspecified atom stereocenters. The lowest BCUT2D eigenvalue weighted by Crippen LogP contribution is -2.27. The number of ether oxygens (including phenoxy) is 1. The number of rotatable bonds is 10. The van der Waals surface area contributed by atoms with Crippen molar-refractivity contribution in [1.82, 2.24) is 4.90 Å². The van der Waals surface area contributed by atoms with Gasteiger partial charge in [0.05, 0.1) is 6.26 Å². The van der Waals surface area contributed by atoms with Gasteiger partial charge in [-0.1, -0.05) is 46.6 Å². The molecule has 3 nitrogen and oxygen atoms in total. The van der Waals surface area contributed by atoms with Crippen LogP contribution in [0.1, 0.15) is 66.2 Å². The molecule has 0 aromatic rings. The standard InChI is InChI=1S/C12H27N.C4H6O2/c1-4-7-10-13(11-8-5-2)12-9-6-3;1-3-6-4(2)5/h4-12H2,1-3H3;3H,1H2,2H3. The Labute approximate surface area is 120 Å². The third kappa shape index (κ3) is 19.7. The minimum Gasteiger partial charge on any atom is -0.435 e. The first-order valence-corrected chi connectivity index (χ1v) is 7.62. The Balaban J connectivity index is 0. The monoisotopic (exact) mass is 271 g/mol. The summed E-state index contributed by atoms with van der Waals surface area (Å²) in [6.07, 6.45) is 9.19. The highest BCUT2D eigenvalue weighted by molar-refractivity contribution is 5.66. The second kappa shape index (κ2) is 17.2. The van der Waals surface area contributed by atoms with Crippen molar-refractivity contribution in [3.8, 4) is 0 Å². The number of esters is 1. The van der Waals surface area contributed by atoms with Crippen molar-refractivity contribution in [2.24, 2.45) is 0 Å². The second-order valence-corrected chi connectivity index (χ2v) is 4.68. The van der Waals surface area contributed by atoms with Gasteiger partial charge in [-0.05, 0) is 38.9 Å². The highest BCUT2D eigenvalue weighted by atomic mass is 16.5. The molecule has 0 radical (unpaired) electrons. The van der Waals surface area contributed by atoms with Crippen molar-refractivity contribution in [1.29, 1.82) is 0 Å². The summed E-state index contributed by atoms with van der Waals surface area (Å²) < 4.78 is 4.17. The van der Waals surface area contributed by atoms with Crippen LogP contribution in [0, 0.1) is 0 Å². The Bertz CT molecular complexity index is 186. The lowest BCUT2D eigenvalue weighted by Gasteiger charge is -2.21. The first kappa shape index (κ1) is 20.5. The quantitative estimate of drug-likeness (QED) is 0.436. The van der Waals surface area contributed by atoms with Gasteiger partial charge < -0.3 is 9.64 Å². The number of nitrogens with zero attached hydrogens (tertiary/aromatic N) is 1. The number of hydrogen-bond donors (Lipinski definition) is 0. The van der Waals surface area contributed by atoms with Crippen molar-refractivity contribution in [3.63, 3.8) is 0 Å². The van der Waals surface area contributed by atoms with Crippen molar-refractivity contribution < 1.29 is 9.53 Å². The molecule has 0 bridgehead atoms. The maximum absolute atomic E-state index is 9.75. The summed E-state index contributed by atoms with van der Waals surface area (Å²) in [5.41, 5.74) is 0. The smallest absolute Gasteiger partial charge is 0.307 e. The zero-order chi connectivity index (χ0) is 14.9. The van der Waals surface area contributed by atoms with Crippen LogP contribution >= 0.6 is 0 Å². The van der Waals surface area contributed by atoms with Crippen molar-refractivity contribution >= 4 is 5.97 Å². The summed E-state index contributed by atoms with van der Waals surface area (Å²) in [4.78, 5) is 12.4. The van der Waals surface area contributed by atoms with Crippen LogP contribution in [0.3, 0.4) is 0 Å². The van der Waals surface area contributed by atoms with E-state index in [1.54, 1.807) is 0 Å². The molecule has 0 aromatic heterocycles. The molecule has 0 saturated carbocycles. The average Bonchev–Trinajstić information content (AvgIpc) is 2.38. The molecule has 0 spiro atoms. The third-order valence-electron chi connectivity index (χ3n) is 2.73. The molecule has 0 aliphatic heterocycles. The van der Waals surface area contributed by atoms with Gasteiger partial charge in [0.25, 0.3) is 0 Å². The highest BCUT2D eigenvalue weighted by Crippen LogP contribution is 2.01. The summed E-state index contributed by atoms with van der Waals surface area (Å²) in [5, 5.41) is 0. The van der Waals surface area contributed by atoms with E-state index in [0.717, 1.165) is 6.26 Å². The number of carbonyl (C=O) groups is 1. The summed E-state index contributed by atoms with van der Waals surface area (Å²) in [6, 6.07) is 0. The van der Waals surface area contributed by atoms with Crippen LogP contribution in [0.4, 0.5) is 0 Å². The van der Waals surface area contributed by atoms with E-state index >= 15 is 0 Å². The molecule has 0 aliphatic carbocycles. The fourth-order valence-corrected chi connectivity index (χ4v) is 1.60. The molecule has 0 fully saturated rings. The van der Waals surface area contributed by atoms with E-state index in [9.17, 15) is 4.79 Å². The van der Waals surface area contributed by atoms with Gasteiger partial charge in [0.2, 0.25) is 0 Å². The molecule has 0 heterocycles. The van der Waals surface area contributed by atoms with E-state index in [1.165, 1.54) is 65.1 Å². The topological polar surface area (TPSA) is 29.5 Å². The molecule has 0 N–H and O–H groups in total. The molecular weight excluding hydrogens is 238 g/mol. The Hall–Kier alpha value is -0.830. The van der Waals surface area contributed by atoms with Gasteiger partial charge in [-0.3, -0.25) is 4.79 Å². The van der Waals surface area contributed by atoms with E-state index in [4.69, 9.17) is 0 Å². The van der Waals surface area contributed by atoms with E-state index in [1.807, 2.05) is 0 Å². The zero-order valence-electron chi connectivity index (χ0n) is 13.4. The van der Waals surface area contributed by atoms with Crippen LogP contribution in [-0.2, 0) is 9.53 Å². The molecule has 0 saturated heterocycles. The van der Waals surface area contributed by atoms with E-state index < -0.39 is 0 Å². The van der Waals surface area contributed by atoms with Crippen LogP contribution in [-0.4, -0.2) is 30.5 Å². The van der Waals surface area contributed by atoms with Crippen molar-refractivity contribution in [2.75, 3.05) is 19.6 Å². The van der Waals surface area contributed by atoms with Crippen LogP contribution in [0.2, 0.25) is 0 Å². The Morgan fingerprint density at radius 2 is 1.37 bits per heavy atom. The molecule has 114 valence electrons. The number of carbonyl (C=O) groups excluding carboxylic acids is 1. The lowest BCUT2D eigenvalue weighted by atomic mass is 10.2. The largest absolute Gasteiger partial charge is 0.435 e. The zero-order valence-corrected chi connectivity index (χ0v) is 13.4. The Kier molecular flexibility index (Phi) is 18.5. The predicted molar refractivity (Wildman–Crippen MR) is 83.1 cm³/mol. The van der Waals surface area contributed by atoms with Gasteiger partial charge in [-0.25, -0.2) is 0 Å². The van der Waals surface area contributed by atoms with Gasteiger partial charge in [0.1, 0.15) is 0 Å². The van der Waals surface area contributed by atoms with Crippen molar-refractivity contribution in [2.45, 2.75) is 66.2 Å². The van der Waals surface area contributed by atoms with Gasteiger partial charge >= 0.3 is 5.97 Å². The minimum absolute atomic E-state index is 0.329. The molecule has 0 rings (SSSR count). The maximum Gasteiger partial charge on any atom is 0.307 e. The first-order chi connectivity index (χ1) is 9.12. The Morgan fingerprint density at radius 1 is 1.00 bits per heavy atom. The van der Waals surface area contributed by atoms with Gasteiger partial charge in [0.15, 0.2) is 0 Å². The van der Waals surface area contributed by atoms with E-state index in [0.29, 0.717) is 0 Å². The number of hydrogen-bond acceptors (Lipinski definition) is 3. The van der Waals surface area contributed by atoms with Crippen LogP contribution < -0.4 is 0 Å². The van der Waals surface area contributed by atoms with Crippen LogP contribution in [0.15, 0.2) is 12.8 Å². The molecule has 0 aliphatic rings. The average molecular weight is 271 g/mol. The van der Waals surface area contributed by atoms with Crippen molar-refractivity contribution in [3.05, 3.63) is 12.8 Å². The summed E-state index contributed by atoms with van der Waals surface area (Å²) >= 11 is 0. The summed E-state index contributed by atoms with van der Waals surface area (Å²) in [7, 11) is 0. The van der Waals surface area contributed by atoms with Gasteiger partial charge in [0, 0.05) is 6.92 Å². The predicted octanol–water partition coefficient (Wildman–Crippen LogP) is 4.38. The fourth-order valence-electron chi connectivity index (χ4n) is 1.60. The third-order valence-corrected chi connectivity index (χ3v) is 2.73. The van der Waals surface area contributed by atoms with Crippen LogP contribution in [0.5, 0.6) is 0 Å².